The fraction of sp³-hybridized carbons (Fsp3) is 0.250. The van der Waals surface area contributed by atoms with Gasteiger partial charge in [0.1, 0.15) is 0 Å². The van der Waals surface area contributed by atoms with Gasteiger partial charge in [-0.1, -0.05) is 30.3 Å². The molecule has 4 nitrogen and oxygen atoms in total. The van der Waals surface area contributed by atoms with Crippen molar-refractivity contribution < 1.29 is 14.0 Å². The molecule has 0 atom stereocenters. The zero-order valence-corrected chi connectivity index (χ0v) is 11.2. The number of carbonyl (C=O) groups is 2. The molecule has 1 aromatic carbocycles. The lowest BCUT2D eigenvalue weighted by molar-refractivity contribution is -0.121. The monoisotopic (exact) mass is 271 g/mol. The average Bonchev–Trinajstić information content (AvgIpc) is 3.00. The minimum Gasteiger partial charge on any atom is -0.461 e. The Bertz CT molecular complexity index is 546. The number of nitrogens with one attached hydrogen (secondary N) is 1. The first-order chi connectivity index (χ1) is 9.75. The topological polar surface area (TPSA) is 59.3 Å². The molecular weight excluding hydrogens is 254 g/mol. The number of hydrogen-bond donors (Lipinski definition) is 1. The molecule has 104 valence electrons. The van der Waals surface area contributed by atoms with Crippen molar-refractivity contribution in [2.24, 2.45) is 0 Å². The number of furan rings is 1. The molecular formula is C16H17NO3. The molecule has 1 aromatic heterocycles. The molecule has 2 aromatic rings. The number of ketones is 1. The number of hydrogen-bond acceptors (Lipinski definition) is 3. The maximum Gasteiger partial charge on any atom is 0.220 e. The van der Waals surface area contributed by atoms with Crippen LogP contribution in [-0.2, 0) is 11.2 Å². The van der Waals surface area contributed by atoms with Gasteiger partial charge < -0.3 is 9.73 Å². The van der Waals surface area contributed by atoms with Crippen molar-refractivity contribution in [1.29, 1.82) is 0 Å². The van der Waals surface area contributed by atoms with Gasteiger partial charge in [0.2, 0.25) is 5.91 Å². The third-order valence-electron chi connectivity index (χ3n) is 2.95. The van der Waals surface area contributed by atoms with Crippen LogP contribution in [0.2, 0.25) is 0 Å². The van der Waals surface area contributed by atoms with Gasteiger partial charge in [-0.25, -0.2) is 0 Å². The van der Waals surface area contributed by atoms with Gasteiger partial charge in [0, 0.05) is 19.4 Å². The van der Waals surface area contributed by atoms with Crippen molar-refractivity contribution in [3.05, 3.63) is 60.1 Å². The van der Waals surface area contributed by atoms with Crippen LogP contribution in [0, 0.1) is 0 Å². The first-order valence-electron chi connectivity index (χ1n) is 6.63. The van der Waals surface area contributed by atoms with Crippen molar-refractivity contribution in [3.63, 3.8) is 0 Å². The largest absolute Gasteiger partial charge is 0.461 e. The molecule has 1 N–H and O–H groups in total. The lowest BCUT2D eigenvalue weighted by Gasteiger charge is -2.04. The maximum absolute atomic E-state index is 11.6. The molecule has 0 radical (unpaired) electrons. The minimum atomic E-state index is -0.145. The second-order valence-electron chi connectivity index (χ2n) is 4.49. The number of Topliss-reactive ketones (excluding diaryl/α,β-unsaturated/α-hetero) is 1. The second kappa shape index (κ2) is 7.28. The Hall–Kier alpha value is -2.36. The van der Waals surface area contributed by atoms with E-state index in [0.29, 0.717) is 12.3 Å². The summed E-state index contributed by atoms with van der Waals surface area (Å²) in [6.07, 6.45) is 2.60. The zero-order chi connectivity index (χ0) is 14.2. The van der Waals surface area contributed by atoms with Gasteiger partial charge in [0.05, 0.1) is 6.26 Å². The Morgan fingerprint density at radius 3 is 2.50 bits per heavy atom. The molecule has 0 bridgehead atoms. The fourth-order valence-corrected chi connectivity index (χ4v) is 1.87. The Labute approximate surface area is 117 Å². The minimum absolute atomic E-state index is 0.110. The van der Waals surface area contributed by atoms with Crippen LogP contribution in [0.4, 0.5) is 0 Å². The highest BCUT2D eigenvalue weighted by Crippen LogP contribution is 2.06. The van der Waals surface area contributed by atoms with Crippen LogP contribution >= 0.6 is 0 Å². The maximum atomic E-state index is 11.6. The van der Waals surface area contributed by atoms with Crippen LogP contribution in [0.1, 0.15) is 29.0 Å². The predicted octanol–water partition coefficient (Wildman–Crippen LogP) is 2.60. The van der Waals surface area contributed by atoms with E-state index in [-0.39, 0.29) is 24.5 Å². The van der Waals surface area contributed by atoms with Crippen molar-refractivity contribution in [1.82, 2.24) is 5.32 Å². The average molecular weight is 271 g/mol. The number of benzene rings is 1. The quantitative estimate of drug-likeness (QED) is 0.787. The summed E-state index contributed by atoms with van der Waals surface area (Å²) in [6, 6.07) is 13.2. The van der Waals surface area contributed by atoms with Crippen LogP contribution in [0.5, 0.6) is 0 Å². The highest BCUT2D eigenvalue weighted by molar-refractivity contribution is 5.95. The third-order valence-corrected chi connectivity index (χ3v) is 2.95. The Balaban J connectivity index is 1.65. The van der Waals surface area contributed by atoms with Crippen LogP contribution in [0.15, 0.2) is 53.1 Å². The molecule has 2 rings (SSSR count). The smallest absolute Gasteiger partial charge is 0.220 e. The number of carbonyl (C=O) groups excluding carboxylic acids is 2. The molecule has 1 heterocycles. The first-order valence-corrected chi connectivity index (χ1v) is 6.63. The lowest BCUT2D eigenvalue weighted by Crippen LogP contribution is -2.26. The molecule has 0 aliphatic heterocycles. The summed E-state index contributed by atoms with van der Waals surface area (Å²) < 4.78 is 4.99. The zero-order valence-electron chi connectivity index (χ0n) is 11.2. The van der Waals surface area contributed by atoms with Gasteiger partial charge in [-0.05, 0) is 24.1 Å². The SMILES string of the molecule is O=C(CCC(=O)c1ccco1)NCCc1ccccc1. The van der Waals surface area contributed by atoms with Crippen molar-refractivity contribution >= 4 is 11.7 Å². The van der Waals surface area contributed by atoms with E-state index < -0.39 is 0 Å². The van der Waals surface area contributed by atoms with Crippen molar-refractivity contribution in [2.45, 2.75) is 19.3 Å². The summed E-state index contributed by atoms with van der Waals surface area (Å²) in [7, 11) is 0. The molecule has 1 amide bonds. The van der Waals surface area contributed by atoms with Crippen molar-refractivity contribution in [3.8, 4) is 0 Å². The van der Waals surface area contributed by atoms with E-state index in [1.165, 1.54) is 11.8 Å². The standard InChI is InChI=1S/C16H17NO3/c18-14(15-7-4-12-20-15)8-9-16(19)17-11-10-13-5-2-1-3-6-13/h1-7,12H,8-11H2,(H,17,19). The Morgan fingerprint density at radius 2 is 1.80 bits per heavy atom. The molecule has 0 spiro atoms. The van der Waals surface area contributed by atoms with E-state index in [9.17, 15) is 9.59 Å². The highest BCUT2D eigenvalue weighted by Gasteiger charge is 2.11. The number of rotatable bonds is 7. The summed E-state index contributed by atoms with van der Waals surface area (Å²) in [4.78, 5) is 23.2. The van der Waals surface area contributed by atoms with E-state index in [0.717, 1.165) is 6.42 Å². The summed E-state index contributed by atoms with van der Waals surface area (Å²) in [5, 5.41) is 2.81. The summed E-state index contributed by atoms with van der Waals surface area (Å²) in [6.45, 7) is 0.581. The summed E-state index contributed by atoms with van der Waals surface area (Å²) >= 11 is 0. The molecule has 0 saturated heterocycles. The van der Waals surface area contributed by atoms with E-state index in [2.05, 4.69) is 5.32 Å². The van der Waals surface area contributed by atoms with E-state index >= 15 is 0 Å². The van der Waals surface area contributed by atoms with Gasteiger partial charge in [-0.3, -0.25) is 9.59 Å². The van der Waals surface area contributed by atoms with Gasteiger partial charge in [-0.2, -0.15) is 0 Å². The number of amides is 1. The van der Waals surface area contributed by atoms with E-state index in [4.69, 9.17) is 4.42 Å². The normalized spacial score (nSPS) is 10.2. The fourth-order valence-electron chi connectivity index (χ4n) is 1.87. The third kappa shape index (κ3) is 4.39. The highest BCUT2D eigenvalue weighted by atomic mass is 16.3. The van der Waals surface area contributed by atoms with Gasteiger partial charge in [0.25, 0.3) is 0 Å². The molecule has 0 saturated carbocycles. The van der Waals surface area contributed by atoms with Gasteiger partial charge >= 0.3 is 0 Å². The summed E-state index contributed by atoms with van der Waals surface area (Å²) in [5.74, 6) is 0.0520. The van der Waals surface area contributed by atoms with Crippen LogP contribution in [0.25, 0.3) is 0 Å². The van der Waals surface area contributed by atoms with Crippen molar-refractivity contribution in [2.75, 3.05) is 6.54 Å². The van der Waals surface area contributed by atoms with Gasteiger partial charge in [-0.15, -0.1) is 0 Å². The molecule has 0 fully saturated rings. The van der Waals surface area contributed by atoms with Gasteiger partial charge in [0.15, 0.2) is 11.5 Å². The van der Waals surface area contributed by atoms with Crippen LogP contribution < -0.4 is 5.32 Å². The van der Waals surface area contributed by atoms with E-state index in [1.54, 1.807) is 12.1 Å². The van der Waals surface area contributed by atoms with E-state index in [1.807, 2.05) is 30.3 Å². The summed E-state index contributed by atoms with van der Waals surface area (Å²) in [5.41, 5.74) is 1.18. The Morgan fingerprint density at radius 1 is 1.00 bits per heavy atom. The molecule has 0 aliphatic rings. The molecule has 4 heteroatoms. The molecule has 0 aliphatic carbocycles. The molecule has 20 heavy (non-hydrogen) atoms. The van der Waals surface area contributed by atoms with Crippen LogP contribution in [0.3, 0.4) is 0 Å². The predicted molar refractivity (Wildman–Crippen MR) is 75.4 cm³/mol. The second-order valence-corrected chi connectivity index (χ2v) is 4.49. The first kappa shape index (κ1) is 14.1. The lowest BCUT2D eigenvalue weighted by atomic mass is 10.1. The Kier molecular flexibility index (Phi) is 5.12. The molecule has 0 unspecified atom stereocenters. The van der Waals surface area contributed by atoms with Crippen LogP contribution in [-0.4, -0.2) is 18.2 Å².